The van der Waals surface area contributed by atoms with Gasteiger partial charge in [-0.05, 0) is 31.4 Å². The number of carbonyl (C=O) groups excluding carboxylic acids is 2. The van der Waals surface area contributed by atoms with Gasteiger partial charge in [0.05, 0.1) is 23.8 Å². The van der Waals surface area contributed by atoms with Crippen molar-refractivity contribution in [2.45, 2.75) is 44.2 Å². The third-order valence-electron chi connectivity index (χ3n) is 5.80. The molecule has 0 bridgehead atoms. The lowest BCUT2D eigenvalue weighted by Gasteiger charge is -2.47. The Balaban J connectivity index is 1.24. The molecule has 1 aliphatic carbocycles. The van der Waals surface area contributed by atoms with Gasteiger partial charge >= 0.3 is 12.3 Å². The number of halogens is 4. The van der Waals surface area contributed by atoms with Crippen LogP contribution in [0.4, 0.5) is 22.4 Å². The zero-order valence-corrected chi connectivity index (χ0v) is 15.6. The van der Waals surface area contributed by atoms with Gasteiger partial charge in [-0.25, -0.2) is 9.18 Å². The highest BCUT2D eigenvalue weighted by Crippen LogP contribution is 2.42. The molecule has 3 aliphatic rings. The number of hydrogen-bond donors (Lipinski definition) is 1. The third kappa shape index (κ3) is 3.77. The van der Waals surface area contributed by atoms with Gasteiger partial charge < -0.3 is 19.7 Å². The standard InChI is InChI=1S/C19H20F4N2O4/c1-10-2-11(15(20)3-14(10)19(21,22)23)8-28-13-6-25(7-13)16(26)12-4-18(5-12)9-29-17(27)24-18/h2-3,12-13H,4-9H2,1H3,(H,24,27)/t12-,18+. The minimum absolute atomic E-state index is 0.0202. The Morgan fingerprint density at radius 2 is 2.03 bits per heavy atom. The van der Waals surface area contributed by atoms with Crippen LogP contribution in [0.3, 0.4) is 0 Å². The fraction of sp³-hybridized carbons (Fsp3) is 0.579. The minimum Gasteiger partial charge on any atom is -0.447 e. The maximum Gasteiger partial charge on any atom is 0.416 e. The Labute approximate surface area is 164 Å². The van der Waals surface area contributed by atoms with Gasteiger partial charge in [0.25, 0.3) is 0 Å². The lowest BCUT2D eigenvalue weighted by atomic mass is 9.68. The minimum atomic E-state index is -4.60. The molecule has 0 aromatic heterocycles. The molecule has 29 heavy (non-hydrogen) atoms. The lowest BCUT2D eigenvalue weighted by molar-refractivity contribution is -0.155. The number of rotatable bonds is 4. The predicted molar refractivity (Wildman–Crippen MR) is 91.2 cm³/mol. The van der Waals surface area contributed by atoms with Crippen molar-refractivity contribution in [1.82, 2.24) is 10.2 Å². The van der Waals surface area contributed by atoms with E-state index < -0.39 is 29.2 Å². The maximum absolute atomic E-state index is 14.0. The molecule has 2 amide bonds. The lowest BCUT2D eigenvalue weighted by Crippen LogP contribution is -2.62. The highest BCUT2D eigenvalue weighted by molar-refractivity contribution is 5.82. The normalized spacial score (nSPS) is 26.7. The number of nitrogens with one attached hydrogen (secondary N) is 1. The van der Waals surface area contributed by atoms with Crippen molar-refractivity contribution in [2.75, 3.05) is 19.7 Å². The van der Waals surface area contributed by atoms with Crippen LogP contribution in [0.2, 0.25) is 0 Å². The molecule has 1 saturated carbocycles. The van der Waals surface area contributed by atoms with E-state index in [0.29, 0.717) is 32.0 Å². The van der Waals surface area contributed by atoms with E-state index in [-0.39, 0.29) is 42.3 Å². The summed E-state index contributed by atoms with van der Waals surface area (Å²) < 4.78 is 62.9. The summed E-state index contributed by atoms with van der Waals surface area (Å²) in [5.74, 6) is -1.16. The molecule has 158 valence electrons. The van der Waals surface area contributed by atoms with Crippen LogP contribution in [0.5, 0.6) is 0 Å². The summed E-state index contributed by atoms with van der Waals surface area (Å²) in [4.78, 5) is 25.2. The number of cyclic esters (lactones) is 1. The Morgan fingerprint density at radius 3 is 2.62 bits per heavy atom. The maximum atomic E-state index is 14.0. The van der Waals surface area contributed by atoms with E-state index in [1.165, 1.54) is 6.92 Å². The molecule has 2 saturated heterocycles. The van der Waals surface area contributed by atoms with E-state index in [0.717, 1.165) is 6.07 Å². The molecular weight excluding hydrogens is 396 g/mol. The van der Waals surface area contributed by atoms with Crippen LogP contribution >= 0.6 is 0 Å². The molecule has 2 heterocycles. The molecule has 1 N–H and O–H groups in total. The summed E-state index contributed by atoms with van der Waals surface area (Å²) >= 11 is 0. The molecule has 0 unspecified atom stereocenters. The monoisotopic (exact) mass is 416 g/mol. The van der Waals surface area contributed by atoms with E-state index in [4.69, 9.17) is 9.47 Å². The van der Waals surface area contributed by atoms with Crippen LogP contribution in [0.25, 0.3) is 0 Å². The number of ether oxygens (including phenoxy) is 2. The van der Waals surface area contributed by atoms with Crippen molar-refractivity contribution in [3.8, 4) is 0 Å². The fourth-order valence-electron chi connectivity index (χ4n) is 4.12. The van der Waals surface area contributed by atoms with Crippen molar-refractivity contribution in [1.29, 1.82) is 0 Å². The summed E-state index contributed by atoms with van der Waals surface area (Å²) in [6.07, 6.45) is -4.28. The third-order valence-corrected chi connectivity index (χ3v) is 5.80. The Bertz CT molecular complexity index is 845. The molecule has 1 aromatic rings. The summed E-state index contributed by atoms with van der Waals surface area (Å²) in [5, 5.41) is 2.73. The summed E-state index contributed by atoms with van der Waals surface area (Å²) in [6.45, 7) is 2.10. The van der Waals surface area contributed by atoms with Crippen molar-refractivity contribution >= 4 is 12.0 Å². The second-order valence-corrected chi connectivity index (χ2v) is 8.02. The quantitative estimate of drug-likeness (QED) is 0.767. The summed E-state index contributed by atoms with van der Waals surface area (Å²) in [5.41, 5.74) is -1.43. The molecule has 0 atom stereocenters. The van der Waals surface area contributed by atoms with E-state index in [1.54, 1.807) is 4.90 Å². The van der Waals surface area contributed by atoms with Gasteiger partial charge in [0.2, 0.25) is 5.91 Å². The number of carbonyl (C=O) groups is 2. The van der Waals surface area contributed by atoms with Crippen molar-refractivity contribution in [3.05, 3.63) is 34.6 Å². The van der Waals surface area contributed by atoms with Crippen LogP contribution in [0.15, 0.2) is 12.1 Å². The van der Waals surface area contributed by atoms with Crippen LogP contribution in [0, 0.1) is 18.7 Å². The fourth-order valence-corrected chi connectivity index (χ4v) is 4.12. The van der Waals surface area contributed by atoms with Gasteiger partial charge in [-0.3, -0.25) is 4.79 Å². The van der Waals surface area contributed by atoms with Crippen LogP contribution < -0.4 is 5.32 Å². The largest absolute Gasteiger partial charge is 0.447 e. The molecule has 1 spiro atoms. The number of alkyl carbamates (subject to hydrolysis) is 1. The first-order chi connectivity index (χ1) is 13.6. The topological polar surface area (TPSA) is 67.9 Å². The number of nitrogens with zero attached hydrogens (tertiary/aromatic N) is 1. The van der Waals surface area contributed by atoms with Gasteiger partial charge in [-0.1, -0.05) is 6.07 Å². The van der Waals surface area contributed by atoms with E-state index in [1.807, 2.05) is 0 Å². The average molecular weight is 416 g/mol. The van der Waals surface area contributed by atoms with Crippen molar-refractivity contribution < 1.29 is 36.6 Å². The predicted octanol–water partition coefficient (Wildman–Crippen LogP) is 2.77. The SMILES string of the molecule is Cc1cc(COC2CN(C(=O)[C@H]3C[C@]4(COC(=O)N4)C3)C2)c(F)cc1C(F)(F)F. The number of benzene rings is 1. The zero-order chi connectivity index (χ0) is 21.0. The summed E-state index contributed by atoms with van der Waals surface area (Å²) in [6, 6.07) is 1.63. The number of aryl methyl sites for hydroxylation is 1. The van der Waals surface area contributed by atoms with Crippen LogP contribution in [0.1, 0.15) is 29.5 Å². The van der Waals surface area contributed by atoms with Crippen LogP contribution in [-0.4, -0.2) is 48.2 Å². The molecule has 4 rings (SSSR count). The van der Waals surface area contributed by atoms with E-state index >= 15 is 0 Å². The smallest absolute Gasteiger partial charge is 0.416 e. The first-order valence-electron chi connectivity index (χ1n) is 9.28. The molecule has 0 radical (unpaired) electrons. The van der Waals surface area contributed by atoms with Crippen molar-refractivity contribution in [3.63, 3.8) is 0 Å². The second-order valence-electron chi connectivity index (χ2n) is 8.02. The summed E-state index contributed by atoms with van der Waals surface area (Å²) in [7, 11) is 0. The van der Waals surface area contributed by atoms with Crippen molar-refractivity contribution in [2.24, 2.45) is 5.92 Å². The Kier molecular flexibility index (Phi) is 4.71. The number of hydrogen-bond acceptors (Lipinski definition) is 4. The van der Waals surface area contributed by atoms with Gasteiger partial charge in [0, 0.05) is 24.6 Å². The van der Waals surface area contributed by atoms with Gasteiger partial charge in [-0.2, -0.15) is 13.2 Å². The Hall–Kier alpha value is -2.36. The van der Waals surface area contributed by atoms with Gasteiger partial charge in [0.15, 0.2) is 0 Å². The average Bonchev–Trinajstić information content (AvgIpc) is 2.95. The highest BCUT2D eigenvalue weighted by atomic mass is 19.4. The number of amides is 2. The Morgan fingerprint density at radius 1 is 1.34 bits per heavy atom. The second kappa shape index (κ2) is 6.86. The van der Waals surface area contributed by atoms with E-state index in [2.05, 4.69) is 5.32 Å². The number of alkyl halides is 3. The molecule has 1 aromatic carbocycles. The highest BCUT2D eigenvalue weighted by Gasteiger charge is 2.54. The van der Waals surface area contributed by atoms with Gasteiger partial charge in [-0.15, -0.1) is 0 Å². The van der Waals surface area contributed by atoms with Crippen LogP contribution in [-0.2, 0) is 27.1 Å². The molecule has 2 aliphatic heterocycles. The van der Waals surface area contributed by atoms with Gasteiger partial charge in [0.1, 0.15) is 12.4 Å². The van der Waals surface area contributed by atoms with E-state index in [9.17, 15) is 27.2 Å². The molecule has 10 heteroatoms. The number of likely N-dealkylation sites (tertiary alicyclic amines) is 1. The molecular formula is C19H20F4N2O4. The first-order valence-corrected chi connectivity index (χ1v) is 9.28. The molecule has 6 nitrogen and oxygen atoms in total. The molecule has 3 fully saturated rings. The first kappa shape index (κ1) is 19.9. The zero-order valence-electron chi connectivity index (χ0n) is 15.6.